The predicted molar refractivity (Wildman–Crippen MR) is 96.0 cm³/mol. The van der Waals surface area contributed by atoms with E-state index in [1.165, 1.54) is 11.1 Å². The lowest BCUT2D eigenvalue weighted by Gasteiger charge is -2.08. The number of aromatic nitrogens is 3. The van der Waals surface area contributed by atoms with Crippen LogP contribution < -0.4 is 11.1 Å². The zero-order valence-electron chi connectivity index (χ0n) is 12.5. The molecule has 0 spiro atoms. The molecular formula is C14H21IN6. The maximum absolute atomic E-state index is 5.90. The van der Waals surface area contributed by atoms with Crippen molar-refractivity contribution in [2.45, 2.75) is 33.9 Å². The van der Waals surface area contributed by atoms with Crippen LogP contribution in [0.1, 0.15) is 23.9 Å². The van der Waals surface area contributed by atoms with Crippen molar-refractivity contribution >= 4 is 35.6 Å². The summed E-state index contributed by atoms with van der Waals surface area (Å²) in [4.78, 5) is 4.29. The summed E-state index contributed by atoms with van der Waals surface area (Å²) < 4.78 is 1.94. The Morgan fingerprint density at radius 1 is 1.29 bits per heavy atom. The van der Waals surface area contributed by atoms with Crippen LogP contribution in [0.3, 0.4) is 0 Å². The van der Waals surface area contributed by atoms with Gasteiger partial charge >= 0.3 is 0 Å². The third-order valence-corrected chi connectivity index (χ3v) is 2.92. The molecule has 0 unspecified atom stereocenters. The average molecular weight is 400 g/mol. The summed E-state index contributed by atoms with van der Waals surface area (Å²) in [5.41, 5.74) is 9.21. The van der Waals surface area contributed by atoms with Crippen molar-refractivity contribution in [3.8, 4) is 0 Å². The molecule has 0 radical (unpaired) electrons. The van der Waals surface area contributed by atoms with E-state index in [4.69, 9.17) is 5.73 Å². The lowest BCUT2D eigenvalue weighted by molar-refractivity contribution is 0.699. The molecule has 0 aliphatic heterocycles. The van der Waals surface area contributed by atoms with Crippen molar-refractivity contribution in [3.05, 3.63) is 41.5 Å². The van der Waals surface area contributed by atoms with Gasteiger partial charge in [0.05, 0.1) is 0 Å². The first-order valence-electron chi connectivity index (χ1n) is 6.60. The third kappa shape index (κ3) is 5.00. The van der Waals surface area contributed by atoms with Crippen LogP contribution in [-0.4, -0.2) is 20.7 Å². The molecule has 6 nitrogen and oxygen atoms in total. The smallest absolute Gasteiger partial charge is 0.193 e. The fourth-order valence-corrected chi connectivity index (χ4v) is 2.06. The van der Waals surface area contributed by atoms with E-state index in [1.54, 1.807) is 6.33 Å². The molecule has 0 saturated heterocycles. The van der Waals surface area contributed by atoms with Crippen molar-refractivity contribution in [2.75, 3.05) is 5.32 Å². The number of hydrogen-bond donors (Lipinski definition) is 2. The first kappa shape index (κ1) is 17.4. The molecular weight excluding hydrogens is 379 g/mol. The summed E-state index contributed by atoms with van der Waals surface area (Å²) in [6.07, 6.45) is 1.69. The number of rotatable bonds is 4. The van der Waals surface area contributed by atoms with E-state index in [1.807, 2.05) is 23.6 Å². The van der Waals surface area contributed by atoms with E-state index in [9.17, 15) is 0 Å². The van der Waals surface area contributed by atoms with Gasteiger partial charge in [-0.15, -0.1) is 34.2 Å². The number of aryl methyl sites for hydroxylation is 3. The van der Waals surface area contributed by atoms with Crippen molar-refractivity contribution in [2.24, 2.45) is 10.7 Å². The van der Waals surface area contributed by atoms with Crippen LogP contribution in [0.25, 0.3) is 0 Å². The molecule has 1 aromatic heterocycles. The molecule has 21 heavy (non-hydrogen) atoms. The van der Waals surface area contributed by atoms with Gasteiger partial charge in [0, 0.05) is 12.2 Å². The van der Waals surface area contributed by atoms with Gasteiger partial charge in [0.1, 0.15) is 12.9 Å². The number of aliphatic imine (C=N–C) groups is 1. The van der Waals surface area contributed by atoms with Crippen LogP contribution in [0.2, 0.25) is 0 Å². The summed E-state index contributed by atoms with van der Waals surface area (Å²) >= 11 is 0. The highest BCUT2D eigenvalue weighted by molar-refractivity contribution is 14.0. The van der Waals surface area contributed by atoms with Crippen LogP contribution in [0.5, 0.6) is 0 Å². The lowest BCUT2D eigenvalue weighted by atomic mass is 10.1. The second-order valence-electron chi connectivity index (χ2n) is 4.74. The van der Waals surface area contributed by atoms with Crippen molar-refractivity contribution in [1.29, 1.82) is 0 Å². The zero-order chi connectivity index (χ0) is 14.5. The van der Waals surface area contributed by atoms with E-state index in [0.717, 1.165) is 18.1 Å². The number of hydrogen-bond acceptors (Lipinski definition) is 3. The molecule has 2 aromatic rings. The number of nitrogens with zero attached hydrogens (tertiary/aromatic N) is 4. The maximum atomic E-state index is 5.90. The molecule has 1 aromatic carbocycles. The Bertz CT molecular complexity index is 599. The summed E-state index contributed by atoms with van der Waals surface area (Å²) in [5.74, 6) is 1.18. The molecule has 0 atom stereocenters. The van der Waals surface area contributed by atoms with Crippen LogP contribution in [0.4, 0.5) is 5.69 Å². The number of anilines is 1. The number of guanidine groups is 1. The lowest BCUT2D eigenvalue weighted by Crippen LogP contribution is -2.23. The van der Waals surface area contributed by atoms with E-state index in [-0.39, 0.29) is 24.0 Å². The predicted octanol–water partition coefficient (Wildman–Crippen LogP) is 2.46. The monoisotopic (exact) mass is 400 g/mol. The second-order valence-corrected chi connectivity index (χ2v) is 4.74. The number of halogens is 1. The highest BCUT2D eigenvalue weighted by Gasteiger charge is 2.02. The minimum atomic E-state index is 0. The molecule has 1 heterocycles. The quantitative estimate of drug-likeness (QED) is 0.470. The normalized spacial score (nSPS) is 11.1. The van der Waals surface area contributed by atoms with Crippen molar-refractivity contribution in [3.63, 3.8) is 0 Å². The van der Waals surface area contributed by atoms with Crippen LogP contribution >= 0.6 is 24.0 Å². The molecule has 2 rings (SSSR count). The highest BCUT2D eigenvalue weighted by atomic mass is 127. The van der Waals surface area contributed by atoms with Crippen molar-refractivity contribution in [1.82, 2.24) is 14.8 Å². The number of benzene rings is 1. The summed E-state index contributed by atoms with van der Waals surface area (Å²) in [6.45, 7) is 7.37. The third-order valence-electron chi connectivity index (χ3n) is 2.92. The summed E-state index contributed by atoms with van der Waals surface area (Å²) in [6, 6.07) is 6.18. The van der Waals surface area contributed by atoms with Gasteiger partial charge in [-0.1, -0.05) is 6.07 Å². The Morgan fingerprint density at radius 3 is 2.57 bits per heavy atom. The van der Waals surface area contributed by atoms with E-state index < -0.39 is 0 Å². The van der Waals surface area contributed by atoms with E-state index in [2.05, 4.69) is 40.4 Å². The van der Waals surface area contributed by atoms with Crippen LogP contribution in [0, 0.1) is 13.8 Å². The SMILES string of the molecule is CCn1cnnc1CN=C(N)Nc1cc(C)cc(C)c1.I. The molecule has 0 saturated carbocycles. The fraction of sp³-hybridized carbons (Fsp3) is 0.357. The van der Waals surface area contributed by atoms with Gasteiger partial charge < -0.3 is 15.6 Å². The Hall–Kier alpha value is -1.64. The molecule has 0 aliphatic carbocycles. The number of nitrogens with two attached hydrogens (primary N) is 1. The molecule has 7 heteroatoms. The number of nitrogens with one attached hydrogen (secondary N) is 1. The van der Waals surface area contributed by atoms with Gasteiger partial charge in [0.2, 0.25) is 0 Å². The van der Waals surface area contributed by atoms with Gasteiger partial charge in [0.25, 0.3) is 0 Å². The minimum Gasteiger partial charge on any atom is -0.370 e. The Kier molecular flexibility index (Phi) is 6.60. The Labute approximate surface area is 141 Å². The van der Waals surface area contributed by atoms with Crippen LogP contribution in [-0.2, 0) is 13.1 Å². The van der Waals surface area contributed by atoms with Gasteiger partial charge in [-0.3, -0.25) is 0 Å². The van der Waals surface area contributed by atoms with E-state index in [0.29, 0.717) is 12.5 Å². The average Bonchev–Trinajstić information content (AvgIpc) is 2.82. The molecule has 0 aliphatic rings. The first-order chi connectivity index (χ1) is 9.58. The largest absolute Gasteiger partial charge is 0.370 e. The van der Waals surface area contributed by atoms with Gasteiger partial charge in [-0.25, -0.2) is 4.99 Å². The summed E-state index contributed by atoms with van der Waals surface area (Å²) in [5, 5.41) is 11.0. The molecule has 3 N–H and O–H groups in total. The van der Waals surface area contributed by atoms with Crippen molar-refractivity contribution < 1.29 is 0 Å². The molecule has 114 valence electrons. The Balaban J connectivity index is 0.00000220. The standard InChI is InChI=1S/C14H20N6.HI/c1-4-20-9-17-19-13(20)8-16-14(15)18-12-6-10(2)5-11(3)7-12;/h5-7,9H,4,8H2,1-3H3,(H3,15,16,18);1H. The topological polar surface area (TPSA) is 81.1 Å². The van der Waals surface area contributed by atoms with Gasteiger partial charge in [-0.2, -0.15) is 0 Å². The minimum absolute atomic E-state index is 0. The zero-order valence-corrected chi connectivity index (χ0v) is 14.8. The Morgan fingerprint density at radius 2 is 1.95 bits per heavy atom. The summed E-state index contributed by atoms with van der Waals surface area (Å²) in [7, 11) is 0. The van der Waals surface area contributed by atoms with E-state index >= 15 is 0 Å². The maximum Gasteiger partial charge on any atom is 0.193 e. The highest BCUT2D eigenvalue weighted by Crippen LogP contribution is 2.13. The fourth-order valence-electron chi connectivity index (χ4n) is 2.06. The van der Waals surface area contributed by atoms with Gasteiger partial charge in [-0.05, 0) is 44.0 Å². The molecule has 0 bridgehead atoms. The second kappa shape index (κ2) is 7.96. The van der Waals surface area contributed by atoms with Gasteiger partial charge in [0.15, 0.2) is 11.8 Å². The molecule has 0 amide bonds. The van der Waals surface area contributed by atoms with Crippen LogP contribution in [0.15, 0.2) is 29.5 Å². The first-order valence-corrected chi connectivity index (χ1v) is 6.60. The molecule has 0 fully saturated rings.